The highest BCUT2D eigenvalue weighted by Gasteiger charge is 2.34. The second-order valence-corrected chi connectivity index (χ2v) is 6.34. The minimum absolute atomic E-state index is 0.0312. The van der Waals surface area contributed by atoms with E-state index in [2.05, 4.69) is 10.3 Å². The molecule has 23 heavy (non-hydrogen) atoms. The van der Waals surface area contributed by atoms with Crippen molar-refractivity contribution in [2.45, 2.75) is 37.8 Å². The number of nitro groups is 1. The molecule has 0 radical (unpaired) electrons. The van der Waals surface area contributed by atoms with Gasteiger partial charge in [-0.2, -0.15) is 0 Å². The first kappa shape index (κ1) is 15.7. The van der Waals surface area contributed by atoms with Crippen molar-refractivity contribution in [2.24, 2.45) is 11.7 Å². The van der Waals surface area contributed by atoms with Crippen molar-refractivity contribution < 1.29 is 9.72 Å². The lowest BCUT2D eigenvalue weighted by atomic mass is 10.1. The van der Waals surface area contributed by atoms with Gasteiger partial charge in [0, 0.05) is 37.2 Å². The number of anilines is 1. The van der Waals surface area contributed by atoms with Gasteiger partial charge < -0.3 is 16.0 Å². The number of carbonyl (C=O) groups is 1. The average molecular weight is 319 g/mol. The van der Waals surface area contributed by atoms with Crippen LogP contribution in [0.5, 0.6) is 0 Å². The van der Waals surface area contributed by atoms with Crippen LogP contribution in [-0.2, 0) is 4.79 Å². The van der Waals surface area contributed by atoms with E-state index in [1.165, 1.54) is 12.3 Å². The molecule has 1 aliphatic carbocycles. The lowest BCUT2D eigenvalue weighted by molar-refractivity contribution is -0.385. The number of nitrogens with two attached hydrogens (primary N) is 1. The fourth-order valence-corrected chi connectivity index (χ4v) is 3.37. The number of hydrogen-bond donors (Lipinski definition) is 2. The summed E-state index contributed by atoms with van der Waals surface area (Å²) >= 11 is 0. The third-order valence-corrected chi connectivity index (χ3v) is 4.63. The minimum atomic E-state index is -0.473. The van der Waals surface area contributed by atoms with Crippen LogP contribution in [-0.4, -0.2) is 45.9 Å². The Morgan fingerprint density at radius 1 is 1.39 bits per heavy atom. The maximum Gasteiger partial charge on any atom is 0.287 e. The molecular formula is C15H21N5O3. The Morgan fingerprint density at radius 2 is 2.22 bits per heavy atom. The van der Waals surface area contributed by atoms with Crippen LogP contribution >= 0.6 is 0 Å². The summed E-state index contributed by atoms with van der Waals surface area (Å²) in [4.78, 5) is 28.5. The van der Waals surface area contributed by atoms with Crippen molar-refractivity contribution in [1.29, 1.82) is 0 Å². The zero-order valence-corrected chi connectivity index (χ0v) is 12.9. The fraction of sp³-hybridized carbons (Fsp3) is 0.600. The lowest BCUT2D eigenvalue weighted by Crippen LogP contribution is -2.35. The van der Waals surface area contributed by atoms with Crippen molar-refractivity contribution in [1.82, 2.24) is 9.88 Å². The maximum absolute atomic E-state index is 12.5. The van der Waals surface area contributed by atoms with E-state index in [-0.39, 0.29) is 29.6 Å². The third kappa shape index (κ3) is 3.58. The number of nitrogens with one attached hydrogen (secondary N) is 1. The van der Waals surface area contributed by atoms with E-state index >= 15 is 0 Å². The van der Waals surface area contributed by atoms with Gasteiger partial charge in [-0.05, 0) is 31.7 Å². The Hall–Kier alpha value is -2.22. The first-order valence-corrected chi connectivity index (χ1v) is 7.94. The molecule has 2 heterocycles. The molecule has 1 aromatic heterocycles. The Morgan fingerprint density at radius 3 is 2.83 bits per heavy atom. The van der Waals surface area contributed by atoms with Gasteiger partial charge in [-0.3, -0.25) is 14.9 Å². The highest BCUT2D eigenvalue weighted by molar-refractivity contribution is 5.79. The monoisotopic (exact) mass is 319 g/mol. The van der Waals surface area contributed by atoms with Crippen LogP contribution in [0.25, 0.3) is 0 Å². The van der Waals surface area contributed by atoms with Crippen LogP contribution in [0.15, 0.2) is 18.3 Å². The van der Waals surface area contributed by atoms with Gasteiger partial charge in [0.25, 0.3) is 5.69 Å². The topological polar surface area (TPSA) is 114 Å². The minimum Gasteiger partial charge on any atom is -0.365 e. The second-order valence-electron chi connectivity index (χ2n) is 6.34. The highest BCUT2D eigenvalue weighted by Crippen LogP contribution is 2.27. The van der Waals surface area contributed by atoms with Crippen LogP contribution in [0.4, 0.5) is 11.5 Å². The van der Waals surface area contributed by atoms with E-state index < -0.39 is 4.92 Å². The molecule has 124 valence electrons. The predicted octanol–water partition coefficient (Wildman–Crippen LogP) is 1.13. The van der Waals surface area contributed by atoms with E-state index in [0.29, 0.717) is 12.4 Å². The van der Waals surface area contributed by atoms with E-state index in [4.69, 9.17) is 5.73 Å². The molecule has 8 nitrogen and oxygen atoms in total. The molecule has 1 amide bonds. The summed E-state index contributed by atoms with van der Waals surface area (Å²) in [5.74, 6) is 0.873. The van der Waals surface area contributed by atoms with Crippen molar-refractivity contribution >= 4 is 17.4 Å². The smallest absolute Gasteiger partial charge is 0.287 e. The van der Waals surface area contributed by atoms with Crippen molar-refractivity contribution in [3.63, 3.8) is 0 Å². The molecule has 1 saturated heterocycles. The van der Waals surface area contributed by atoms with Gasteiger partial charge in [0.15, 0.2) is 0 Å². The maximum atomic E-state index is 12.5. The molecule has 3 atom stereocenters. The molecule has 2 aliphatic rings. The van der Waals surface area contributed by atoms with Gasteiger partial charge in [0.05, 0.1) is 4.92 Å². The molecule has 0 spiro atoms. The predicted molar refractivity (Wildman–Crippen MR) is 84.8 cm³/mol. The molecule has 2 fully saturated rings. The highest BCUT2D eigenvalue weighted by atomic mass is 16.6. The molecule has 1 aromatic rings. The number of rotatable bonds is 4. The fourth-order valence-electron chi connectivity index (χ4n) is 3.37. The standard InChI is InChI=1S/C15H21N5O3/c16-11-2-1-10(7-11)15(21)19-6-5-12(9-19)18-14-4-3-13(8-17-14)20(22)23/h3-4,8,10-12H,1-2,5-7,9,16H2,(H,17,18). The summed E-state index contributed by atoms with van der Waals surface area (Å²) in [5, 5.41) is 13.9. The third-order valence-electron chi connectivity index (χ3n) is 4.63. The van der Waals surface area contributed by atoms with Gasteiger partial charge in [-0.15, -0.1) is 0 Å². The summed E-state index contributed by atoms with van der Waals surface area (Å²) in [6, 6.07) is 3.30. The molecule has 1 aliphatic heterocycles. The normalized spacial score (nSPS) is 27.2. The number of nitrogens with zero attached hydrogens (tertiary/aromatic N) is 3. The Bertz CT molecular complexity index is 591. The molecule has 0 bridgehead atoms. The molecule has 1 saturated carbocycles. The molecule has 0 aromatic carbocycles. The van der Waals surface area contributed by atoms with E-state index in [9.17, 15) is 14.9 Å². The van der Waals surface area contributed by atoms with Gasteiger partial charge in [-0.25, -0.2) is 4.98 Å². The largest absolute Gasteiger partial charge is 0.365 e. The molecular weight excluding hydrogens is 298 g/mol. The van der Waals surface area contributed by atoms with Gasteiger partial charge in [-0.1, -0.05) is 0 Å². The lowest BCUT2D eigenvalue weighted by Gasteiger charge is -2.21. The van der Waals surface area contributed by atoms with Crippen LogP contribution in [0, 0.1) is 16.0 Å². The number of hydrogen-bond acceptors (Lipinski definition) is 6. The van der Waals surface area contributed by atoms with Crippen molar-refractivity contribution in [3.05, 3.63) is 28.4 Å². The summed E-state index contributed by atoms with van der Waals surface area (Å²) in [6.45, 7) is 1.37. The Balaban J connectivity index is 1.53. The number of carbonyl (C=O) groups excluding carboxylic acids is 1. The first-order valence-electron chi connectivity index (χ1n) is 7.94. The van der Waals surface area contributed by atoms with E-state index in [1.54, 1.807) is 6.07 Å². The first-order chi connectivity index (χ1) is 11.0. The van der Waals surface area contributed by atoms with E-state index in [0.717, 1.165) is 32.2 Å². The molecule has 3 N–H and O–H groups in total. The van der Waals surface area contributed by atoms with Crippen LogP contribution in [0.2, 0.25) is 0 Å². The van der Waals surface area contributed by atoms with E-state index in [1.807, 2.05) is 4.90 Å². The number of pyridine rings is 1. The Labute approximate surface area is 134 Å². The SMILES string of the molecule is NC1CCC(C(=O)N2CCC(Nc3ccc([N+](=O)[O-])cn3)C2)C1. The molecule has 8 heteroatoms. The zero-order valence-electron chi connectivity index (χ0n) is 12.9. The van der Waals surface area contributed by atoms with Crippen LogP contribution < -0.4 is 11.1 Å². The Kier molecular flexibility index (Phi) is 4.42. The quantitative estimate of drug-likeness (QED) is 0.635. The second kappa shape index (κ2) is 6.49. The van der Waals surface area contributed by atoms with Gasteiger partial charge in [0.1, 0.15) is 12.0 Å². The summed E-state index contributed by atoms with van der Waals surface area (Å²) in [6.07, 6.45) is 4.69. The molecule has 3 rings (SSSR count). The number of amides is 1. The zero-order chi connectivity index (χ0) is 16.4. The number of likely N-dealkylation sites (tertiary alicyclic amines) is 1. The van der Waals surface area contributed by atoms with Gasteiger partial charge in [0.2, 0.25) is 5.91 Å². The molecule has 3 unspecified atom stereocenters. The number of aromatic nitrogens is 1. The summed E-state index contributed by atoms with van der Waals surface area (Å²) < 4.78 is 0. The summed E-state index contributed by atoms with van der Waals surface area (Å²) in [5.41, 5.74) is 5.85. The van der Waals surface area contributed by atoms with Crippen LogP contribution in [0.1, 0.15) is 25.7 Å². The van der Waals surface area contributed by atoms with Crippen molar-refractivity contribution in [3.8, 4) is 0 Å². The summed E-state index contributed by atoms with van der Waals surface area (Å²) in [7, 11) is 0. The van der Waals surface area contributed by atoms with Gasteiger partial charge >= 0.3 is 0 Å². The van der Waals surface area contributed by atoms with Crippen LogP contribution in [0.3, 0.4) is 0 Å². The average Bonchev–Trinajstić information content (AvgIpc) is 3.16. The van der Waals surface area contributed by atoms with Crippen molar-refractivity contribution in [2.75, 3.05) is 18.4 Å².